The third-order valence-electron chi connectivity index (χ3n) is 3.15. The lowest BCUT2D eigenvalue weighted by molar-refractivity contribution is 0.134. The van der Waals surface area contributed by atoms with Crippen molar-refractivity contribution in [3.05, 3.63) is 57.1 Å². The summed E-state index contributed by atoms with van der Waals surface area (Å²) >= 11 is 3.53. The summed E-state index contributed by atoms with van der Waals surface area (Å²) in [6.45, 7) is 3.38. The van der Waals surface area contributed by atoms with E-state index in [2.05, 4.69) is 33.9 Å². The second kappa shape index (κ2) is 4.71. The van der Waals surface area contributed by atoms with Crippen LogP contribution in [-0.2, 0) is 18.0 Å². The summed E-state index contributed by atoms with van der Waals surface area (Å²) in [4.78, 5) is 7.91. The lowest BCUT2D eigenvalue weighted by atomic mass is 10.2. The van der Waals surface area contributed by atoms with Gasteiger partial charge in [-0.15, -0.1) is 0 Å². The van der Waals surface area contributed by atoms with Crippen molar-refractivity contribution in [2.24, 2.45) is 4.99 Å². The molecule has 1 aromatic carbocycles. The fourth-order valence-corrected chi connectivity index (χ4v) is 2.41. The number of pyridine rings is 1. The number of aromatic amines is 1. The van der Waals surface area contributed by atoms with Crippen LogP contribution < -0.4 is 5.49 Å². The first kappa shape index (κ1) is 11.7. The van der Waals surface area contributed by atoms with Crippen LogP contribution in [-0.4, -0.2) is 4.98 Å². The van der Waals surface area contributed by atoms with Gasteiger partial charge in [-0.1, -0.05) is 22.0 Å². The molecule has 2 aromatic rings. The van der Waals surface area contributed by atoms with E-state index < -0.39 is 0 Å². The SMILES string of the molecule is Cc1c(Br)cccc1/N=c1\[nH]ccc2c1COC2. The van der Waals surface area contributed by atoms with Crippen molar-refractivity contribution in [3.63, 3.8) is 0 Å². The monoisotopic (exact) mass is 304 g/mol. The maximum Gasteiger partial charge on any atom is 0.136 e. The molecule has 3 rings (SSSR count). The number of hydrogen-bond donors (Lipinski definition) is 1. The maximum absolute atomic E-state index is 5.46. The van der Waals surface area contributed by atoms with Gasteiger partial charge >= 0.3 is 0 Å². The second-order valence-electron chi connectivity index (χ2n) is 4.32. The fraction of sp³-hybridized carbons (Fsp3) is 0.214. The topological polar surface area (TPSA) is 37.4 Å². The number of fused-ring (bicyclic) bond motifs is 1. The highest BCUT2D eigenvalue weighted by Gasteiger charge is 2.12. The van der Waals surface area contributed by atoms with Crippen LogP contribution in [0.1, 0.15) is 16.7 Å². The molecule has 3 nitrogen and oxygen atoms in total. The average molecular weight is 305 g/mol. The molecule has 0 fully saturated rings. The van der Waals surface area contributed by atoms with E-state index in [4.69, 9.17) is 9.73 Å². The number of ether oxygens (including phenoxy) is 1. The highest BCUT2D eigenvalue weighted by molar-refractivity contribution is 9.10. The number of nitrogens with zero attached hydrogens (tertiary/aromatic N) is 1. The van der Waals surface area contributed by atoms with Gasteiger partial charge in [-0.3, -0.25) is 0 Å². The Morgan fingerprint density at radius 1 is 1.28 bits per heavy atom. The molecule has 1 N–H and O–H groups in total. The molecule has 1 aromatic heterocycles. The molecule has 0 unspecified atom stereocenters. The van der Waals surface area contributed by atoms with Crippen molar-refractivity contribution < 1.29 is 4.74 Å². The Bertz CT molecular complexity index is 661. The van der Waals surface area contributed by atoms with Gasteiger partial charge in [0.1, 0.15) is 5.49 Å². The molecule has 0 radical (unpaired) electrons. The summed E-state index contributed by atoms with van der Waals surface area (Å²) in [5.41, 5.74) is 5.39. The zero-order valence-electron chi connectivity index (χ0n) is 10.0. The van der Waals surface area contributed by atoms with Crippen molar-refractivity contribution in [1.82, 2.24) is 4.98 Å². The number of H-pyrrole nitrogens is 1. The molecule has 0 spiro atoms. The van der Waals surface area contributed by atoms with Gasteiger partial charge in [0, 0.05) is 16.2 Å². The highest BCUT2D eigenvalue weighted by atomic mass is 79.9. The third-order valence-corrected chi connectivity index (χ3v) is 4.01. The molecule has 0 atom stereocenters. The van der Waals surface area contributed by atoms with E-state index in [0.29, 0.717) is 13.2 Å². The molecule has 0 aliphatic carbocycles. The molecule has 92 valence electrons. The van der Waals surface area contributed by atoms with Crippen LogP contribution in [0.25, 0.3) is 0 Å². The van der Waals surface area contributed by atoms with Crippen molar-refractivity contribution in [1.29, 1.82) is 0 Å². The average Bonchev–Trinajstić information content (AvgIpc) is 2.84. The molecular formula is C14H13BrN2O. The van der Waals surface area contributed by atoms with Crippen LogP contribution in [0.5, 0.6) is 0 Å². The molecule has 0 saturated heterocycles. The lowest BCUT2D eigenvalue weighted by Crippen LogP contribution is -2.13. The lowest BCUT2D eigenvalue weighted by Gasteiger charge is -2.03. The molecule has 18 heavy (non-hydrogen) atoms. The number of hydrogen-bond acceptors (Lipinski definition) is 2. The van der Waals surface area contributed by atoms with Gasteiger partial charge in [0.15, 0.2) is 0 Å². The zero-order valence-corrected chi connectivity index (χ0v) is 11.6. The van der Waals surface area contributed by atoms with Gasteiger partial charge in [-0.2, -0.15) is 0 Å². The van der Waals surface area contributed by atoms with E-state index >= 15 is 0 Å². The van der Waals surface area contributed by atoms with Crippen molar-refractivity contribution >= 4 is 21.6 Å². The minimum absolute atomic E-state index is 0.637. The predicted octanol–water partition coefficient (Wildman–Crippen LogP) is 3.35. The molecule has 0 bridgehead atoms. The summed E-state index contributed by atoms with van der Waals surface area (Å²) in [6.07, 6.45) is 1.92. The van der Waals surface area contributed by atoms with Crippen molar-refractivity contribution in [3.8, 4) is 0 Å². The highest BCUT2D eigenvalue weighted by Crippen LogP contribution is 2.25. The van der Waals surface area contributed by atoms with Crippen LogP contribution in [0.2, 0.25) is 0 Å². The van der Waals surface area contributed by atoms with E-state index in [9.17, 15) is 0 Å². The van der Waals surface area contributed by atoms with Crippen LogP contribution >= 0.6 is 15.9 Å². The Kier molecular flexibility index (Phi) is 3.06. The van der Waals surface area contributed by atoms with Gasteiger partial charge in [0.05, 0.1) is 18.9 Å². The molecule has 1 aliphatic heterocycles. The summed E-state index contributed by atoms with van der Waals surface area (Å²) in [5, 5.41) is 0. The standard InChI is InChI=1S/C14H13BrN2O/c1-9-12(15)3-2-4-13(9)17-14-11-8-18-7-10(11)5-6-16-14/h2-6H,7-8H2,1H3,(H,16,17). The first-order valence-electron chi connectivity index (χ1n) is 5.83. The molecule has 2 heterocycles. The number of benzene rings is 1. The quantitative estimate of drug-likeness (QED) is 0.862. The Morgan fingerprint density at radius 3 is 3.06 bits per heavy atom. The van der Waals surface area contributed by atoms with Crippen LogP contribution in [0, 0.1) is 6.92 Å². The number of rotatable bonds is 1. The minimum Gasteiger partial charge on any atom is -0.372 e. The van der Waals surface area contributed by atoms with Gasteiger partial charge < -0.3 is 9.72 Å². The smallest absolute Gasteiger partial charge is 0.136 e. The Balaban J connectivity index is 2.18. The summed E-state index contributed by atoms with van der Waals surface area (Å²) < 4.78 is 6.53. The number of aromatic nitrogens is 1. The third kappa shape index (κ3) is 2.02. The van der Waals surface area contributed by atoms with Crippen LogP contribution in [0.15, 0.2) is 39.9 Å². The van der Waals surface area contributed by atoms with Gasteiger partial charge in [-0.05, 0) is 36.2 Å². The molecule has 4 heteroatoms. The molecular weight excluding hydrogens is 292 g/mol. The second-order valence-corrected chi connectivity index (χ2v) is 5.17. The largest absolute Gasteiger partial charge is 0.372 e. The van der Waals surface area contributed by atoms with Gasteiger partial charge in [0.2, 0.25) is 0 Å². The normalized spacial score (nSPS) is 14.9. The molecule has 0 saturated carbocycles. The first-order chi connectivity index (χ1) is 8.75. The van der Waals surface area contributed by atoms with Crippen LogP contribution in [0.4, 0.5) is 5.69 Å². The molecule has 1 aliphatic rings. The zero-order chi connectivity index (χ0) is 12.5. The molecule has 0 amide bonds. The number of halogens is 1. The maximum atomic E-state index is 5.46. The first-order valence-corrected chi connectivity index (χ1v) is 6.62. The summed E-state index contributed by atoms with van der Waals surface area (Å²) in [7, 11) is 0. The summed E-state index contributed by atoms with van der Waals surface area (Å²) in [6, 6.07) is 8.09. The fourth-order valence-electron chi connectivity index (χ4n) is 2.06. The Morgan fingerprint density at radius 2 is 2.17 bits per heavy atom. The van der Waals surface area contributed by atoms with E-state index in [1.54, 1.807) is 0 Å². The van der Waals surface area contributed by atoms with Gasteiger partial charge in [0.25, 0.3) is 0 Å². The summed E-state index contributed by atoms with van der Waals surface area (Å²) in [5.74, 6) is 0. The van der Waals surface area contributed by atoms with E-state index in [1.807, 2.05) is 24.4 Å². The van der Waals surface area contributed by atoms with Crippen LogP contribution in [0.3, 0.4) is 0 Å². The Hall–Kier alpha value is -1.39. The number of nitrogens with one attached hydrogen (secondary N) is 1. The van der Waals surface area contributed by atoms with Crippen molar-refractivity contribution in [2.45, 2.75) is 20.1 Å². The van der Waals surface area contributed by atoms with Gasteiger partial charge in [-0.25, -0.2) is 4.99 Å². The predicted molar refractivity (Wildman–Crippen MR) is 73.4 cm³/mol. The van der Waals surface area contributed by atoms with E-state index in [-0.39, 0.29) is 0 Å². The van der Waals surface area contributed by atoms with E-state index in [1.165, 1.54) is 5.56 Å². The van der Waals surface area contributed by atoms with Crippen molar-refractivity contribution in [2.75, 3.05) is 0 Å². The van der Waals surface area contributed by atoms with E-state index in [0.717, 1.165) is 26.8 Å². The minimum atomic E-state index is 0.637. The Labute approximate surface area is 114 Å².